The largest absolute Gasteiger partial charge is 0.507 e. The van der Waals surface area contributed by atoms with Gasteiger partial charge >= 0.3 is 0 Å². The van der Waals surface area contributed by atoms with Gasteiger partial charge in [-0.2, -0.15) is 0 Å². The highest BCUT2D eigenvalue weighted by Gasteiger charge is 2.37. The van der Waals surface area contributed by atoms with Gasteiger partial charge in [0.05, 0.1) is 11.7 Å². The average molecular weight is 445 g/mol. The van der Waals surface area contributed by atoms with E-state index in [0.717, 1.165) is 58.2 Å². The number of carbonyl (C=O) groups is 1. The quantitative estimate of drug-likeness (QED) is 0.619. The molecule has 1 atom stereocenters. The van der Waals surface area contributed by atoms with Crippen LogP contribution in [0.25, 0.3) is 5.76 Å². The lowest BCUT2D eigenvalue weighted by molar-refractivity contribution is -0.119. The maximum atomic E-state index is 13.1. The van der Waals surface area contributed by atoms with Gasteiger partial charge in [0.15, 0.2) is 6.23 Å². The molecule has 0 spiro atoms. The van der Waals surface area contributed by atoms with Crippen molar-refractivity contribution in [1.29, 1.82) is 0 Å². The molecule has 0 aromatic carbocycles. The Morgan fingerprint density at radius 3 is 2.59 bits per heavy atom. The number of hydrogen-bond donors (Lipinski definition) is 3. The summed E-state index contributed by atoms with van der Waals surface area (Å²) in [6.07, 6.45) is 6.71. The second-order valence-corrected chi connectivity index (χ2v) is 9.41. The van der Waals surface area contributed by atoms with Gasteiger partial charge in [-0.1, -0.05) is 6.92 Å². The summed E-state index contributed by atoms with van der Waals surface area (Å²) in [4.78, 5) is 21.6. The number of carbonyl (C=O) groups excluding carboxylic acids is 1. The number of methoxy groups -OCH3 is 1. The number of pyridine rings is 1. The normalized spacial score (nSPS) is 27.3. The molecule has 8 nitrogen and oxygen atoms in total. The minimum atomic E-state index is -1.24. The standard InChI is InChI=1S/C24H36N4O4/c1-16-5-7-17(8-6-16)26-23(30)20-21(29)19-4-3-11-25-22(19)28(24(20)31)15-14-27-12-9-18(32-2)10-13-27/h3-4,11,16-18,24,29,31H,5-10,12-15H2,1-2H3,(H,26,30)/t16-,17+,24?. The number of nitrogens with one attached hydrogen (secondary N) is 1. The summed E-state index contributed by atoms with van der Waals surface area (Å²) in [7, 11) is 1.76. The Kier molecular flexibility index (Phi) is 7.33. The van der Waals surface area contributed by atoms with Crippen LogP contribution in [0, 0.1) is 5.92 Å². The molecule has 3 heterocycles. The van der Waals surface area contributed by atoms with Crippen molar-refractivity contribution >= 4 is 17.5 Å². The predicted octanol–water partition coefficient (Wildman–Crippen LogP) is 2.29. The summed E-state index contributed by atoms with van der Waals surface area (Å²) in [6.45, 7) is 5.35. The molecule has 176 valence electrons. The first-order chi connectivity index (χ1) is 15.5. The summed E-state index contributed by atoms with van der Waals surface area (Å²) >= 11 is 0. The highest BCUT2D eigenvalue weighted by molar-refractivity contribution is 6.03. The number of fused-ring (bicyclic) bond motifs is 1. The number of aliphatic hydroxyl groups excluding tert-OH is 2. The predicted molar refractivity (Wildman–Crippen MR) is 123 cm³/mol. The fourth-order valence-electron chi connectivity index (χ4n) is 5.09. The fourth-order valence-corrected chi connectivity index (χ4v) is 5.09. The number of likely N-dealkylation sites (tertiary alicyclic amines) is 1. The van der Waals surface area contributed by atoms with E-state index in [9.17, 15) is 15.0 Å². The first kappa shape index (κ1) is 23.0. The molecule has 1 aromatic rings. The first-order valence-electron chi connectivity index (χ1n) is 11.9. The topological polar surface area (TPSA) is 98.2 Å². The number of nitrogens with zero attached hydrogens (tertiary/aromatic N) is 3. The van der Waals surface area contributed by atoms with E-state index in [1.807, 2.05) is 0 Å². The molecule has 3 aliphatic rings. The Bertz CT molecular complexity index is 829. The second-order valence-electron chi connectivity index (χ2n) is 9.41. The first-order valence-corrected chi connectivity index (χ1v) is 11.9. The van der Waals surface area contributed by atoms with E-state index in [2.05, 4.69) is 22.1 Å². The van der Waals surface area contributed by atoms with Gasteiger partial charge in [0.25, 0.3) is 5.91 Å². The molecule has 1 amide bonds. The van der Waals surface area contributed by atoms with Crippen LogP contribution in [0.2, 0.25) is 0 Å². The van der Waals surface area contributed by atoms with Crippen molar-refractivity contribution in [2.45, 2.75) is 63.8 Å². The lowest BCUT2D eigenvalue weighted by atomic mass is 9.87. The van der Waals surface area contributed by atoms with Crippen molar-refractivity contribution in [3.63, 3.8) is 0 Å². The Hall–Kier alpha value is -2.16. The van der Waals surface area contributed by atoms with E-state index in [0.29, 0.717) is 29.9 Å². The third-order valence-corrected chi connectivity index (χ3v) is 7.24. The van der Waals surface area contributed by atoms with Crippen molar-refractivity contribution in [2.24, 2.45) is 5.92 Å². The van der Waals surface area contributed by atoms with Gasteiger partial charge in [-0.25, -0.2) is 4.98 Å². The molecule has 8 heteroatoms. The molecular weight excluding hydrogens is 408 g/mol. The van der Waals surface area contributed by atoms with Crippen molar-refractivity contribution < 1.29 is 19.7 Å². The van der Waals surface area contributed by atoms with Crippen LogP contribution in [0.5, 0.6) is 0 Å². The monoisotopic (exact) mass is 444 g/mol. The highest BCUT2D eigenvalue weighted by atomic mass is 16.5. The number of anilines is 1. The summed E-state index contributed by atoms with van der Waals surface area (Å²) in [5.41, 5.74) is 0.500. The molecule has 1 saturated heterocycles. The van der Waals surface area contributed by atoms with Gasteiger partial charge in [0.1, 0.15) is 17.2 Å². The molecule has 3 N–H and O–H groups in total. The molecule has 0 radical (unpaired) electrons. The lowest BCUT2D eigenvalue weighted by Crippen LogP contribution is -2.50. The Labute approximate surface area is 190 Å². The van der Waals surface area contributed by atoms with Gasteiger partial charge in [0.2, 0.25) is 0 Å². The van der Waals surface area contributed by atoms with Crippen LogP contribution in [0.15, 0.2) is 23.9 Å². The number of ether oxygens (including phenoxy) is 1. The Morgan fingerprint density at radius 1 is 1.19 bits per heavy atom. The van der Waals surface area contributed by atoms with Crippen LogP contribution >= 0.6 is 0 Å². The molecule has 1 aliphatic carbocycles. The minimum Gasteiger partial charge on any atom is -0.507 e. The minimum absolute atomic E-state index is 0.0159. The van der Waals surface area contributed by atoms with E-state index < -0.39 is 12.1 Å². The van der Waals surface area contributed by atoms with E-state index >= 15 is 0 Å². The zero-order valence-electron chi connectivity index (χ0n) is 19.2. The summed E-state index contributed by atoms with van der Waals surface area (Å²) in [6, 6.07) is 3.56. The molecule has 1 aromatic heterocycles. The Balaban J connectivity index is 1.48. The zero-order valence-corrected chi connectivity index (χ0v) is 19.2. The molecule has 1 saturated carbocycles. The number of aliphatic hydroxyl groups is 2. The average Bonchev–Trinajstić information content (AvgIpc) is 2.81. The number of piperidine rings is 1. The van der Waals surface area contributed by atoms with Crippen LogP contribution in [0.1, 0.15) is 51.0 Å². The molecule has 4 rings (SSSR count). The maximum Gasteiger partial charge on any atom is 0.255 e. The van der Waals surface area contributed by atoms with Crippen LogP contribution in [0.4, 0.5) is 5.82 Å². The molecule has 0 bridgehead atoms. The van der Waals surface area contributed by atoms with Crippen molar-refractivity contribution in [3.05, 3.63) is 29.5 Å². The summed E-state index contributed by atoms with van der Waals surface area (Å²) in [5.74, 6) is 0.611. The zero-order chi connectivity index (χ0) is 22.7. The maximum absolute atomic E-state index is 13.1. The second kappa shape index (κ2) is 10.2. The van der Waals surface area contributed by atoms with Crippen LogP contribution in [-0.2, 0) is 9.53 Å². The molecule has 2 fully saturated rings. The van der Waals surface area contributed by atoms with Gasteiger partial charge in [-0.05, 0) is 56.6 Å². The molecule has 1 unspecified atom stereocenters. The number of rotatable bonds is 6. The third kappa shape index (κ3) is 4.92. The van der Waals surface area contributed by atoms with Crippen LogP contribution in [0.3, 0.4) is 0 Å². The Morgan fingerprint density at radius 2 is 1.91 bits per heavy atom. The molecular formula is C24H36N4O4. The lowest BCUT2D eigenvalue weighted by Gasteiger charge is -2.38. The van der Waals surface area contributed by atoms with Crippen LogP contribution in [-0.4, -0.2) is 77.7 Å². The van der Waals surface area contributed by atoms with Gasteiger partial charge in [-0.3, -0.25) is 4.79 Å². The van der Waals surface area contributed by atoms with E-state index in [1.54, 1.807) is 30.3 Å². The highest BCUT2D eigenvalue weighted by Crippen LogP contribution is 2.35. The van der Waals surface area contributed by atoms with Crippen molar-refractivity contribution in [2.75, 3.05) is 38.2 Å². The SMILES string of the molecule is COC1CCN(CCN2c3ncccc3C(O)=C(C(=O)N[C@H]3CC[C@@H](C)CC3)C2O)CC1. The number of amides is 1. The molecule has 2 aliphatic heterocycles. The van der Waals surface area contributed by atoms with E-state index in [1.165, 1.54) is 0 Å². The van der Waals surface area contributed by atoms with Gasteiger partial charge in [0, 0.05) is 45.5 Å². The van der Waals surface area contributed by atoms with Crippen molar-refractivity contribution in [3.8, 4) is 0 Å². The van der Waals surface area contributed by atoms with Gasteiger partial charge in [-0.15, -0.1) is 0 Å². The molecule has 32 heavy (non-hydrogen) atoms. The van der Waals surface area contributed by atoms with E-state index in [-0.39, 0.29) is 17.4 Å². The van der Waals surface area contributed by atoms with Gasteiger partial charge < -0.3 is 30.1 Å². The number of hydrogen-bond acceptors (Lipinski definition) is 7. The summed E-state index contributed by atoms with van der Waals surface area (Å²) < 4.78 is 5.45. The van der Waals surface area contributed by atoms with Crippen molar-refractivity contribution in [1.82, 2.24) is 15.2 Å². The fraction of sp³-hybridized carbons (Fsp3) is 0.667. The summed E-state index contributed by atoms with van der Waals surface area (Å²) in [5, 5.41) is 25.1. The third-order valence-electron chi connectivity index (χ3n) is 7.24. The van der Waals surface area contributed by atoms with E-state index in [4.69, 9.17) is 4.74 Å². The number of aromatic nitrogens is 1. The smallest absolute Gasteiger partial charge is 0.255 e. The van der Waals surface area contributed by atoms with Crippen LogP contribution < -0.4 is 10.2 Å².